The Bertz CT molecular complexity index is 1210. The van der Waals surface area contributed by atoms with Crippen molar-refractivity contribution in [2.24, 2.45) is 0 Å². The van der Waals surface area contributed by atoms with Crippen LogP contribution in [0.3, 0.4) is 0 Å². The number of amides is 1. The number of aromatic amines is 1. The van der Waals surface area contributed by atoms with E-state index in [1.165, 1.54) is 22.1 Å². The topological polar surface area (TPSA) is 59.6 Å². The molecule has 1 saturated heterocycles. The monoisotopic (exact) mass is 481 g/mol. The first kappa shape index (κ1) is 24.1. The number of carbonyl (C=O) groups is 1. The highest BCUT2D eigenvalue weighted by Gasteiger charge is 2.32. The third-order valence-electron chi connectivity index (χ3n) is 7.53. The normalized spacial score (nSPS) is 18.1. The van der Waals surface area contributed by atoms with Crippen LogP contribution >= 0.6 is 0 Å². The van der Waals surface area contributed by atoms with E-state index in [0.717, 1.165) is 50.8 Å². The molecule has 0 spiro atoms. The number of rotatable bonds is 9. The van der Waals surface area contributed by atoms with Crippen LogP contribution < -0.4 is 0 Å². The summed E-state index contributed by atoms with van der Waals surface area (Å²) in [7, 11) is 0. The minimum atomic E-state index is -0.789. The van der Waals surface area contributed by atoms with Crippen molar-refractivity contribution in [2.45, 2.75) is 50.7 Å². The lowest BCUT2D eigenvalue weighted by atomic mass is 9.84. The summed E-state index contributed by atoms with van der Waals surface area (Å²) in [6.45, 7) is 3.31. The molecule has 0 bridgehead atoms. The third kappa shape index (κ3) is 5.80. The summed E-state index contributed by atoms with van der Waals surface area (Å²) >= 11 is 0. The fourth-order valence-electron chi connectivity index (χ4n) is 5.74. The molecule has 2 heterocycles. The molecule has 186 valence electrons. The predicted molar refractivity (Wildman–Crippen MR) is 145 cm³/mol. The van der Waals surface area contributed by atoms with Gasteiger partial charge in [0.25, 0.3) is 0 Å². The summed E-state index contributed by atoms with van der Waals surface area (Å²) in [5, 5.41) is 11.2. The zero-order chi connectivity index (χ0) is 24.7. The average molecular weight is 482 g/mol. The fraction of sp³-hybridized carbons (Fsp3) is 0.323. The molecule has 3 aromatic carbocycles. The molecular weight excluding hydrogens is 446 g/mol. The molecule has 36 heavy (non-hydrogen) atoms. The number of likely N-dealkylation sites (tertiary alicyclic amines) is 1. The Morgan fingerprint density at radius 2 is 1.56 bits per heavy atom. The molecule has 0 aliphatic carbocycles. The minimum Gasteiger partial charge on any atom is -0.465 e. The molecule has 5 rings (SSSR count). The maximum atomic E-state index is 12.1. The number of hydrogen-bond acceptors (Lipinski definition) is 2. The van der Waals surface area contributed by atoms with Crippen molar-refractivity contribution in [2.75, 3.05) is 13.1 Å². The number of aromatic nitrogens is 1. The van der Waals surface area contributed by atoms with Gasteiger partial charge >= 0.3 is 6.09 Å². The zero-order valence-corrected chi connectivity index (χ0v) is 20.7. The number of nitrogens with zero attached hydrogens (tertiary/aromatic N) is 2. The summed E-state index contributed by atoms with van der Waals surface area (Å²) in [5.74, 6) is 0.381. The Balaban J connectivity index is 1.26. The van der Waals surface area contributed by atoms with Gasteiger partial charge < -0.3 is 15.0 Å². The van der Waals surface area contributed by atoms with Crippen molar-refractivity contribution in [1.29, 1.82) is 0 Å². The van der Waals surface area contributed by atoms with Gasteiger partial charge in [-0.25, -0.2) is 4.79 Å². The number of fused-ring (bicyclic) bond motifs is 1. The molecule has 1 aliphatic rings. The summed E-state index contributed by atoms with van der Waals surface area (Å²) in [5.41, 5.74) is 5.09. The first-order valence-corrected chi connectivity index (χ1v) is 13.0. The van der Waals surface area contributed by atoms with Crippen LogP contribution in [0.5, 0.6) is 0 Å². The standard InChI is InChI=1S/C31H35N3O2/c35-31(36)34-19-17-26(29-21-32-30-16-8-7-15-28(29)30)20-27(34)14-9-18-33(22-24-10-3-1-4-11-24)23-25-12-5-2-6-13-25/h1-8,10-13,15-16,21,26-27,32H,9,14,17-20,22-23H2,(H,35,36)/t26-,27-/m0/s1. The van der Waals surface area contributed by atoms with Crippen molar-refractivity contribution >= 4 is 17.0 Å². The largest absolute Gasteiger partial charge is 0.465 e. The number of para-hydroxylation sites is 1. The highest BCUT2D eigenvalue weighted by Crippen LogP contribution is 2.37. The van der Waals surface area contributed by atoms with Gasteiger partial charge in [0.1, 0.15) is 0 Å². The van der Waals surface area contributed by atoms with Gasteiger partial charge in [0, 0.05) is 42.8 Å². The van der Waals surface area contributed by atoms with Gasteiger partial charge in [0.2, 0.25) is 0 Å². The van der Waals surface area contributed by atoms with Gasteiger partial charge in [-0.15, -0.1) is 0 Å². The van der Waals surface area contributed by atoms with E-state index in [9.17, 15) is 9.90 Å². The lowest BCUT2D eigenvalue weighted by Crippen LogP contribution is -2.45. The number of nitrogens with one attached hydrogen (secondary N) is 1. The van der Waals surface area contributed by atoms with E-state index >= 15 is 0 Å². The number of H-pyrrole nitrogens is 1. The van der Waals surface area contributed by atoms with Gasteiger partial charge in [-0.05, 0) is 60.9 Å². The Morgan fingerprint density at radius 3 is 2.22 bits per heavy atom. The van der Waals surface area contributed by atoms with Crippen LogP contribution in [0.15, 0.2) is 91.1 Å². The highest BCUT2D eigenvalue weighted by atomic mass is 16.4. The second-order valence-corrected chi connectivity index (χ2v) is 9.96. The van der Waals surface area contributed by atoms with Crippen LogP contribution in [-0.4, -0.2) is 45.1 Å². The maximum absolute atomic E-state index is 12.1. The predicted octanol–water partition coefficient (Wildman–Crippen LogP) is 6.88. The molecule has 5 nitrogen and oxygen atoms in total. The summed E-state index contributed by atoms with van der Waals surface area (Å²) in [6.07, 6.45) is 4.94. The van der Waals surface area contributed by atoms with Gasteiger partial charge in [-0.1, -0.05) is 78.9 Å². The maximum Gasteiger partial charge on any atom is 0.407 e. The van der Waals surface area contributed by atoms with Crippen LogP contribution in [0.25, 0.3) is 10.9 Å². The van der Waals surface area contributed by atoms with Crippen molar-refractivity contribution in [3.8, 4) is 0 Å². The molecule has 0 unspecified atom stereocenters. The first-order chi connectivity index (χ1) is 17.7. The molecule has 2 atom stereocenters. The van der Waals surface area contributed by atoms with Crippen LogP contribution in [-0.2, 0) is 13.1 Å². The zero-order valence-electron chi connectivity index (χ0n) is 20.7. The van der Waals surface area contributed by atoms with E-state index in [-0.39, 0.29) is 6.04 Å². The van der Waals surface area contributed by atoms with Crippen molar-refractivity contribution in [1.82, 2.24) is 14.8 Å². The van der Waals surface area contributed by atoms with Crippen LogP contribution in [0.4, 0.5) is 4.79 Å². The fourth-order valence-corrected chi connectivity index (χ4v) is 5.74. The molecule has 0 saturated carbocycles. The summed E-state index contributed by atoms with van der Waals surface area (Å²) in [4.78, 5) is 19.6. The van der Waals surface area contributed by atoms with Crippen LogP contribution in [0.1, 0.15) is 48.3 Å². The van der Waals surface area contributed by atoms with E-state index < -0.39 is 6.09 Å². The summed E-state index contributed by atoms with van der Waals surface area (Å²) in [6, 6.07) is 29.6. The van der Waals surface area contributed by atoms with Gasteiger partial charge in [0.05, 0.1) is 0 Å². The van der Waals surface area contributed by atoms with Gasteiger partial charge in [-0.2, -0.15) is 0 Å². The molecule has 4 aromatic rings. The van der Waals surface area contributed by atoms with Gasteiger partial charge in [0.15, 0.2) is 0 Å². The van der Waals surface area contributed by atoms with E-state index in [2.05, 4.69) is 101 Å². The molecule has 0 radical (unpaired) electrons. The number of hydrogen-bond donors (Lipinski definition) is 2. The lowest BCUT2D eigenvalue weighted by molar-refractivity contribution is 0.0946. The van der Waals surface area contributed by atoms with Crippen molar-refractivity contribution in [3.63, 3.8) is 0 Å². The van der Waals surface area contributed by atoms with Crippen LogP contribution in [0.2, 0.25) is 0 Å². The van der Waals surface area contributed by atoms with E-state index in [4.69, 9.17) is 0 Å². The van der Waals surface area contributed by atoms with Crippen molar-refractivity contribution < 1.29 is 9.90 Å². The molecule has 1 fully saturated rings. The Kier molecular flexibility index (Phi) is 7.67. The number of benzene rings is 3. The number of carboxylic acid groups (broad SMARTS) is 1. The Morgan fingerprint density at radius 1 is 0.917 bits per heavy atom. The van der Waals surface area contributed by atoms with E-state index in [0.29, 0.717) is 12.5 Å². The quantitative estimate of drug-likeness (QED) is 0.274. The molecule has 1 aromatic heterocycles. The SMILES string of the molecule is O=C(O)N1CC[C@H](c2c[nH]c3ccccc23)C[C@@H]1CCCN(Cc1ccccc1)Cc1ccccc1. The highest BCUT2D eigenvalue weighted by molar-refractivity contribution is 5.83. The van der Waals surface area contributed by atoms with Crippen LogP contribution in [0, 0.1) is 0 Å². The van der Waals surface area contributed by atoms with Gasteiger partial charge in [-0.3, -0.25) is 4.90 Å². The Labute approximate surface area is 213 Å². The second-order valence-electron chi connectivity index (χ2n) is 9.96. The van der Waals surface area contributed by atoms with E-state index in [1.54, 1.807) is 4.90 Å². The lowest BCUT2D eigenvalue weighted by Gasteiger charge is -2.38. The second kappa shape index (κ2) is 11.4. The van der Waals surface area contributed by atoms with Crippen molar-refractivity contribution in [3.05, 3.63) is 108 Å². The molecule has 2 N–H and O–H groups in total. The minimum absolute atomic E-state index is 0.0465. The third-order valence-corrected chi connectivity index (χ3v) is 7.53. The molecule has 1 aliphatic heterocycles. The smallest absolute Gasteiger partial charge is 0.407 e. The number of piperidine rings is 1. The molecule has 5 heteroatoms. The van der Waals surface area contributed by atoms with E-state index in [1.807, 2.05) is 0 Å². The first-order valence-electron chi connectivity index (χ1n) is 13.0. The molecular formula is C31H35N3O2. The molecule has 1 amide bonds. The Hall–Kier alpha value is -3.57. The summed E-state index contributed by atoms with van der Waals surface area (Å²) < 4.78 is 0. The average Bonchev–Trinajstić information content (AvgIpc) is 3.34.